The Kier molecular flexibility index (Phi) is 4.37. The molecule has 2 aromatic carbocycles. The minimum Gasteiger partial charge on any atom is -0.508 e. The van der Waals surface area contributed by atoms with Crippen LogP contribution in [-0.2, 0) is 0 Å². The smallest absolute Gasteiger partial charge is 0.120 e. The SMILES string of the molecule is C=C[C@H](N[C@H](C)c1ccccc1)c1ccccc1O. The Morgan fingerprint density at radius 3 is 2.32 bits per heavy atom. The molecule has 0 aromatic heterocycles. The number of hydrogen-bond donors (Lipinski definition) is 2. The van der Waals surface area contributed by atoms with E-state index in [1.807, 2.05) is 42.5 Å². The fraction of sp³-hybridized carbons (Fsp3) is 0.176. The van der Waals surface area contributed by atoms with Crippen LogP contribution in [0.5, 0.6) is 5.75 Å². The van der Waals surface area contributed by atoms with E-state index in [0.29, 0.717) is 5.75 Å². The van der Waals surface area contributed by atoms with Gasteiger partial charge in [-0.1, -0.05) is 54.6 Å². The number of aromatic hydroxyl groups is 1. The number of benzene rings is 2. The minimum absolute atomic E-state index is 0.0728. The first kappa shape index (κ1) is 13.4. The summed E-state index contributed by atoms with van der Waals surface area (Å²) in [4.78, 5) is 0. The molecule has 0 radical (unpaired) electrons. The summed E-state index contributed by atoms with van der Waals surface area (Å²) in [5.74, 6) is 0.292. The molecular weight excluding hydrogens is 234 g/mol. The molecule has 2 atom stereocenters. The Hall–Kier alpha value is -2.06. The lowest BCUT2D eigenvalue weighted by Gasteiger charge is -2.22. The molecule has 0 fully saturated rings. The van der Waals surface area contributed by atoms with Crippen LogP contribution in [0.2, 0.25) is 0 Å². The first-order valence-corrected chi connectivity index (χ1v) is 6.44. The van der Waals surface area contributed by atoms with E-state index in [9.17, 15) is 5.11 Å². The van der Waals surface area contributed by atoms with Gasteiger partial charge in [0.25, 0.3) is 0 Å². The van der Waals surface area contributed by atoms with Crippen molar-refractivity contribution in [1.82, 2.24) is 5.32 Å². The highest BCUT2D eigenvalue weighted by Gasteiger charge is 2.14. The van der Waals surface area contributed by atoms with E-state index in [4.69, 9.17) is 0 Å². The van der Waals surface area contributed by atoms with E-state index in [1.54, 1.807) is 6.07 Å². The predicted molar refractivity (Wildman–Crippen MR) is 79.0 cm³/mol. The lowest BCUT2D eigenvalue weighted by atomic mass is 10.0. The lowest BCUT2D eigenvalue weighted by molar-refractivity contribution is 0.450. The molecule has 98 valence electrons. The monoisotopic (exact) mass is 253 g/mol. The third-order valence-electron chi connectivity index (χ3n) is 3.24. The van der Waals surface area contributed by atoms with Crippen LogP contribution >= 0.6 is 0 Å². The highest BCUT2D eigenvalue weighted by molar-refractivity contribution is 5.36. The normalized spacial score (nSPS) is 13.7. The van der Waals surface area contributed by atoms with Crippen molar-refractivity contribution in [2.24, 2.45) is 0 Å². The van der Waals surface area contributed by atoms with E-state index < -0.39 is 0 Å². The molecule has 0 unspecified atom stereocenters. The van der Waals surface area contributed by atoms with Gasteiger partial charge in [-0.15, -0.1) is 6.58 Å². The van der Waals surface area contributed by atoms with Crippen molar-refractivity contribution in [2.45, 2.75) is 19.0 Å². The second-order valence-corrected chi connectivity index (χ2v) is 4.57. The number of rotatable bonds is 5. The predicted octanol–water partition coefficient (Wildman–Crippen LogP) is 3.97. The maximum Gasteiger partial charge on any atom is 0.120 e. The van der Waals surface area contributed by atoms with E-state index >= 15 is 0 Å². The Balaban J connectivity index is 2.16. The Morgan fingerprint density at radius 2 is 1.68 bits per heavy atom. The van der Waals surface area contributed by atoms with Crippen molar-refractivity contribution in [1.29, 1.82) is 0 Å². The zero-order chi connectivity index (χ0) is 13.7. The van der Waals surface area contributed by atoms with Crippen LogP contribution < -0.4 is 5.32 Å². The van der Waals surface area contributed by atoms with Crippen LogP contribution in [0.3, 0.4) is 0 Å². The van der Waals surface area contributed by atoms with Crippen LogP contribution in [0.15, 0.2) is 67.3 Å². The van der Waals surface area contributed by atoms with Gasteiger partial charge in [-0.3, -0.25) is 5.32 Å². The molecule has 2 N–H and O–H groups in total. The van der Waals surface area contributed by atoms with Crippen molar-refractivity contribution in [3.05, 3.63) is 78.4 Å². The number of para-hydroxylation sites is 1. The second kappa shape index (κ2) is 6.21. The van der Waals surface area contributed by atoms with Gasteiger partial charge in [0.05, 0.1) is 6.04 Å². The van der Waals surface area contributed by atoms with Crippen LogP contribution in [-0.4, -0.2) is 5.11 Å². The molecule has 19 heavy (non-hydrogen) atoms. The van der Waals surface area contributed by atoms with Gasteiger partial charge < -0.3 is 5.11 Å². The van der Waals surface area contributed by atoms with Gasteiger partial charge in [0.15, 0.2) is 0 Å². The molecule has 0 saturated carbocycles. The van der Waals surface area contributed by atoms with E-state index in [-0.39, 0.29) is 12.1 Å². The summed E-state index contributed by atoms with van der Waals surface area (Å²) in [6.45, 7) is 5.95. The summed E-state index contributed by atoms with van der Waals surface area (Å²) in [7, 11) is 0. The first-order valence-electron chi connectivity index (χ1n) is 6.44. The Bertz CT molecular complexity index is 536. The van der Waals surface area contributed by atoms with Gasteiger partial charge in [-0.2, -0.15) is 0 Å². The van der Waals surface area contributed by atoms with E-state index in [0.717, 1.165) is 5.56 Å². The lowest BCUT2D eigenvalue weighted by Crippen LogP contribution is -2.23. The summed E-state index contributed by atoms with van der Waals surface area (Å²) in [5.41, 5.74) is 2.06. The molecule has 0 amide bonds. The van der Waals surface area contributed by atoms with Crippen molar-refractivity contribution in [3.8, 4) is 5.75 Å². The molecule has 2 aromatic rings. The summed E-state index contributed by atoms with van der Waals surface area (Å²) in [6, 6.07) is 17.7. The van der Waals surface area contributed by atoms with Crippen LogP contribution in [0.4, 0.5) is 0 Å². The topological polar surface area (TPSA) is 32.3 Å². The Labute approximate surface area is 114 Å². The average molecular weight is 253 g/mol. The van der Waals surface area contributed by atoms with Gasteiger partial charge in [0, 0.05) is 11.6 Å². The fourth-order valence-electron chi connectivity index (χ4n) is 2.14. The number of phenolic OH excluding ortho intramolecular Hbond substituents is 1. The summed E-state index contributed by atoms with van der Waals surface area (Å²) in [5, 5.41) is 13.4. The molecule has 0 heterocycles. The van der Waals surface area contributed by atoms with E-state index in [2.05, 4.69) is 31.0 Å². The molecule has 2 heteroatoms. The molecule has 0 saturated heterocycles. The minimum atomic E-state index is -0.0728. The summed E-state index contributed by atoms with van der Waals surface area (Å²) >= 11 is 0. The first-order chi connectivity index (χ1) is 9.22. The molecule has 0 aliphatic carbocycles. The van der Waals surface area contributed by atoms with Crippen molar-refractivity contribution in [3.63, 3.8) is 0 Å². The molecule has 2 rings (SSSR count). The van der Waals surface area contributed by atoms with Crippen molar-refractivity contribution >= 4 is 0 Å². The standard InChI is InChI=1S/C17H19NO/c1-3-16(15-11-7-8-12-17(15)19)18-13(2)14-9-5-4-6-10-14/h3-13,16,18-19H,1H2,2H3/t13-,16+/m1/s1. The quantitative estimate of drug-likeness (QED) is 0.790. The van der Waals surface area contributed by atoms with Crippen molar-refractivity contribution in [2.75, 3.05) is 0 Å². The van der Waals surface area contributed by atoms with Crippen LogP contribution in [0.1, 0.15) is 30.1 Å². The number of hydrogen-bond acceptors (Lipinski definition) is 2. The molecule has 0 aliphatic rings. The maximum absolute atomic E-state index is 9.91. The molecule has 2 nitrogen and oxygen atoms in total. The molecular formula is C17H19NO. The summed E-state index contributed by atoms with van der Waals surface area (Å²) in [6.07, 6.45) is 1.81. The maximum atomic E-state index is 9.91. The average Bonchev–Trinajstić information content (AvgIpc) is 2.46. The zero-order valence-corrected chi connectivity index (χ0v) is 11.1. The van der Waals surface area contributed by atoms with E-state index in [1.165, 1.54) is 5.56 Å². The summed E-state index contributed by atoms with van der Waals surface area (Å²) < 4.78 is 0. The van der Waals surface area contributed by atoms with Gasteiger partial charge in [-0.25, -0.2) is 0 Å². The highest BCUT2D eigenvalue weighted by atomic mass is 16.3. The van der Waals surface area contributed by atoms with Crippen molar-refractivity contribution < 1.29 is 5.11 Å². The highest BCUT2D eigenvalue weighted by Crippen LogP contribution is 2.26. The molecule has 0 spiro atoms. The third-order valence-corrected chi connectivity index (χ3v) is 3.24. The van der Waals surface area contributed by atoms with Gasteiger partial charge in [-0.05, 0) is 18.6 Å². The molecule has 0 bridgehead atoms. The van der Waals surface area contributed by atoms with Crippen LogP contribution in [0.25, 0.3) is 0 Å². The zero-order valence-electron chi connectivity index (χ0n) is 11.1. The Morgan fingerprint density at radius 1 is 1.05 bits per heavy atom. The number of phenols is 1. The fourth-order valence-corrected chi connectivity index (χ4v) is 2.14. The molecule has 0 aliphatic heterocycles. The largest absolute Gasteiger partial charge is 0.508 e. The second-order valence-electron chi connectivity index (χ2n) is 4.57. The van der Waals surface area contributed by atoms with Crippen LogP contribution in [0, 0.1) is 0 Å². The van der Waals surface area contributed by atoms with Gasteiger partial charge in [0.2, 0.25) is 0 Å². The third kappa shape index (κ3) is 3.24. The van der Waals surface area contributed by atoms with Gasteiger partial charge in [0.1, 0.15) is 5.75 Å². The van der Waals surface area contributed by atoms with Gasteiger partial charge >= 0.3 is 0 Å². The number of nitrogens with one attached hydrogen (secondary N) is 1.